The van der Waals surface area contributed by atoms with Crippen LogP contribution in [0.4, 0.5) is 0 Å². The van der Waals surface area contributed by atoms with Gasteiger partial charge in [-0.3, -0.25) is 4.79 Å². The third-order valence-corrected chi connectivity index (χ3v) is 3.97. The first kappa shape index (κ1) is 15.3. The molecule has 110 valence electrons. The van der Waals surface area contributed by atoms with E-state index in [4.69, 9.17) is 15.2 Å². The maximum Gasteiger partial charge on any atom is 0.252 e. The summed E-state index contributed by atoms with van der Waals surface area (Å²) in [5.74, 6) is 0.508. The standard InChI is InChI=1S/C15H20BrNO3/c1-9-5-11(6-10(2)20-9)8-19-14-7-12(16)3-4-13(14)15(17)18/h3-4,7,9-11H,5-6,8H2,1-2H3,(H2,17,18)/t9-,10+,11?. The number of carbonyl (C=O) groups is 1. The number of carbonyl (C=O) groups excluding carboxylic acids is 1. The smallest absolute Gasteiger partial charge is 0.252 e. The van der Waals surface area contributed by atoms with Gasteiger partial charge in [-0.1, -0.05) is 15.9 Å². The van der Waals surface area contributed by atoms with E-state index in [2.05, 4.69) is 29.8 Å². The molecule has 0 spiro atoms. The second kappa shape index (κ2) is 6.59. The number of halogens is 1. The van der Waals surface area contributed by atoms with Gasteiger partial charge in [-0.2, -0.15) is 0 Å². The summed E-state index contributed by atoms with van der Waals surface area (Å²) >= 11 is 3.38. The van der Waals surface area contributed by atoms with Crippen molar-refractivity contribution in [1.29, 1.82) is 0 Å². The normalized spacial score (nSPS) is 26.2. The fraction of sp³-hybridized carbons (Fsp3) is 0.533. The first-order valence-electron chi connectivity index (χ1n) is 6.83. The summed E-state index contributed by atoms with van der Waals surface area (Å²) in [6, 6.07) is 5.24. The second-order valence-corrected chi connectivity index (χ2v) is 6.33. The van der Waals surface area contributed by atoms with Gasteiger partial charge in [0.15, 0.2) is 0 Å². The molecule has 1 aromatic carbocycles. The summed E-state index contributed by atoms with van der Waals surface area (Å²) in [6.45, 7) is 4.74. The van der Waals surface area contributed by atoms with E-state index in [1.807, 2.05) is 0 Å². The van der Waals surface area contributed by atoms with Crippen LogP contribution in [0.25, 0.3) is 0 Å². The molecule has 1 saturated heterocycles. The molecule has 1 amide bonds. The van der Waals surface area contributed by atoms with Crippen molar-refractivity contribution in [3.63, 3.8) is 0 Å². The van der Waals surface area contributed by atoms with Crippen molar-refractivity contribution in [2.24, 2.45) is 11.7 Å². The Kier molecular flexibility index (Phi) is 5.05. The van der Waals surface area contributed by atoms with E-state index in [-0.39, 0.29) is 12.2 Å². The number of amides is 1. The molecule has 0 aromatic heterocycles. The van der Waals surface area contributed by atoms with E-state index in [0.717, 1.165) is 17.3 Å². The van der Waals surface area contributed by atoms with Gasteiger partial charge in [0.2, 0.25) is 0 Å². The van der Waals surface area contributed by atoms with Gasteiger partial charge in [0, 0.05) is 4.47 Å². The Bertz CT molecular complexity index is 482. The number of hydrogen-bond acceptors (Lipinski definition) is 3. The Hall–Kier alpha value is -1.07. The van der Waals surface area contributed by atoms with Gasteiger partial charge < -0.3 is 15.2 Å². The third kappa shape index (κ3) is 3.96. The zero-order chi connectivity index (χ0) is 14.7. The number of hydrogen-bond donors (Lipinski definition) is 1. The first-order chi connectivity index (χ1) is 9.45. The van der Waals surface area contributed by atoms with Gasteiger partial charge in [-0.05, 0) is 50.8 Å². The first-order valence-corrected chi connectivity index (χ1v) is 7.62. The van der Waals surface area contributed by atoms with Gasteiger partial charge in [-0.25, -0.2) is 0 Å². The van der Waals surface area contributed by atoms with Crippen LogP contribution in [0.5, 0.6) is 5.75 Å². The Morgan fingerprint density at radius 2 is 2.05 bits per heavy atom. The molecule has 0 saturated carbocycles. The van der Waals surface area contributed by atoms with Crippen LogP contribution in [0.3, 0.4) is 0 Å². The Balaban J connectivity index is 2.03. The van der Waals surface area contributed by atoms with Gasteiger partial charge in [0.05, 0.1) is 24.4 Å². The molecule has 1 aliphatic heterocycles. The lowest BCUT2D eigenvalue weighted by molar-refractivity contribution is -0.0593. The lowest BCUT2D eigenvalue weighted by Crippen LogP contribution is -2.32. The fourth-order valence-corrected chi connectivity index (χ4v) is 3.05. The topological polar surface area (TPSA) is 61.5 Å². The van der Waals surface area contributed by atoms with Crippen molar-refractivity contribution in [3.8, 4) is 5.75 Å². The highest BCUT2D eigenvalue weighted by molar-refractivity contribution is 9.10. The van der Waals surface area contributed by atoms with Crippen LogP contribution in [-0.4, -0.2) is 24.7 Å². The van der Waals surface area contributed by atoms with E-state index in [1.165, 1.54) is 0 Å². The van der Waals surface area contributed by atoms with E-state index in [0.29, 0.717) is 23.8 Å². The fourth-order valence-electron chi connectivity index (χ4n) is 2.71. The minimum absolute atomic E-state index is 0.255. The molecule has 2 N–H and O–H groups in total. The van der Waals surface area contributed by atoms with Crippen LogP contribution >= 0.6 is 15.9 Å². The Labute approximate surface area is 127 Å². The number of ether oxygens (including phenoxy) is 2. The second-order valence-electron chi connectivity index (χ2n) is 5.41. The molecule has 1 heterocycles. The molecule has 20 heavy (non-hydrogen) atoms. The monoisotopic (exact) mass is 341 g/mol. The van der Waals surface area contributed by atoms with Crippen LogP contribution in [-0.2, 0) is 4.74 Å². The maximum absolute atomic E-state index is 11.4. The van der Waals surface area contributed by atoms with Crippen molar-refractivity contribution in [3.05, 3.63) is 28.2 Å². The van der Waals surface area contributed by atoms with Crippen molar-refractivity contribution in [1.82, 2.24) is 0 Å². The van der Waals surface area contributed by atoms with E-state index in [1.54, 1.807) is 18.2 Å². The van der Waals surface area contributed by atoms with Crippen LogP contribution in [0.15, 0.2) is 22.7 Å². The SMILES string of the molecule is C[C@@H]1CC(COc2cc(Br)ccc2C(N)=O)C[C@H](C)O1. The number of primary amides is 1. The molecular weight excluding hydrogens is 322 g/mol. The predicted octanol–water partition coefficient (Wildman–Crippen LogP) is 3.13. The van der Waals surface area contributed by atoms with E-state index >= 15 is 0 Å². The quantitative estimate of drug-likeness (QED) is 0.914. The number of benzene rings is 1. The molecule has 1 aromatic rings. The summed E-state index contributed by atoms with van der Waals surface area (Å²) < 4.78 is 12.4. The zero-order valence-corrected chi connectivity index (χ0v) is 13.4. The predicted molar refractivity (Wildman–Crippen MR) is 80.9 cm³/mol. The van der Waals surface area contributed by atoms with Crippen LogP contribution in [0, 0.1) is 5.92 Å². The van der Waals surface area contributed by atoms with Crippen molar-refractivity contribution in [2.45, 2.75) is 38.9 Å². The highest BCUT2D eigenvalue weighted by Crippen LogP contribution is 2.28. The average molecular weight is 342 g/mol. The molecule has 0 bridgehead atoms. The molecule has 5 heteroatoms. The molecule has 3 atom stereocenters. The van der Waals surface area contributed by atoms with Crippen LogP contribution in [0.1, 0.15) is 37.0 Å². The Morgan fingerprint density at radius 1 is 1.40 bits per heavy atom. The van der Waals surface area contributed by atoms with E-state index < -0.39 is 5.91 Å². The Morgan fingerprint density at radius 3 is 2.65 bits per heavy atom. The van der Waals surface area contributed by atoms with Crippen molar-refractivity contribution in [2.75, 3.05) is 6.61 Å². The number of rotatable bonds is 4. The summed E-state index contributed by atoms with van der Waals surface area (Å²) in [6.07, 6.45) is 2.46. The lowest BCUT2D eigenvalue weighted by atomic mass is 9.93. The van der Waals surface area contributed by atoms with Crippen molar-refractivity contribution >= 4 is 21.8 Å². The van der Waals surface area contributed by atoms with Crippen LogP contribution < -0.4 is 10.5 Å². The largest absolute Gasteiger partial charge is 0.492 e. The minimum atomic E-state index is -0.471. The third-order valence-electron chi connectivity index (χ3n) is 3.48. The van der Waals surface area contributed by atoms with Gasteiger partial charge in [0.1, 0.15) is 5.75 Å². The highest BCUT2D eigenvalue weighted by atomic mass is 79.9. The summed E-state index contributed by atoms with van der Waals surface area (Å²) in [7, 11) is 0. The maximum atomic E-state index is 11.4. The zero-order valence-electron chi connectivity index (χ0n) is 11.8. The molecule has 4 nitrogen and oxygen atoms in total. The molecule has 1 unspecified atom stereocenters. The van der Waals surface area contributed by atoms with Gasteiger partial charge >= 0.3 is 0 Å². The van der Waals surface area contributed by atoms with Crippen molar-refractivity contribution < 1.29 is 14.3 Å². The number of nitrogens with two attached hydrogens (primary N) is 1. The van der Waals surface area contributed by atoms with Gasteiger partial charge in [-0.15, -0.1) is 0 Å². The summed E-state index contributed by atoms with van der Waals surface area (Å²) in [4.78, 5) is 11.4. The van der Waals surface area contributed by atoms with E-state index in [9.17, 15) is 4.79 Å². The lowest BCUT2D eigenvalue weighted by Gasteiger charge is -2.32. The minimum Gasteiger partial charge on any atom is -0.492 e. The van der Waals surface area contributed by atoms with Gasteiger partial charge in [0.25, 0.3) is 5.91 Å². The molecule has 1 fully saturated rings. The molecule has 2 rings (SSSR count). The molecule has 0 radical (unpaired) electrons. The molecule has 1 aliphatic rings. The molecular formula is C15H20BrNO3. The molecule has 0 aliphatic carbocycles. The summed E-state index contributed by atoms with van der Waals surface area (Å²) in [5, 5.41) is 0. The average Bonchev–Trinajstić information content (AvgIpc) is 2.35. The van der Waals surface area contributed by atoms with Crippen LogP contribution in [0.2, 0.25) is 0 Å². The summed E-state index contributed by atoms with van der Waals surface area (Å²) in [5.41, 5.74) is 5.78. The highest BCUT2D eigenvalue weighted by Gasteiger charge is 2.25.